The molecule has 0 aromatic heterocycles. The standard InChI is InChI=1S/C16H15Cl2N3O3/c17-12-2-1-11(15(18)10-12)9-16(22)20-8-7-19-13-3-5-14(6-4-13)21(23)24/h1-6,10,19H,7-9H2,(H,20,22). The lowest BCUT2D eigenvalue weighted by Gasteiger charge is -2.09. The molecule has 0 spiro atoms. The van der Waals surface area contributed by atoms with E-state index in [1.807, 2.05) is 0 Å². The summed E-state index contributed by atoms with van der Waals surface area (Å²) < 4.78 is 0. The van der Waals surface area contributed by atoms with Gasteiger partial charge in [-0.25, -0.2) is 0 Å². The smallest absolute Gasteiger partial charge is 0.269 e. The largest absolute Gasteiger partial charge is 0.383 e. The third kappa shape index (κ3) is 5.40. The third-order valence-electron chi connectivity index (χ3n) is 3.22. The predicted molar refractivity (Wildman–Crippen MR) is 94.8 cm³/mol. The van der Waals surface area contributed by atoms with E-state index in [0.29, 0.717) is 28.7 Å². The summed E-state index contributed by atoms with van der Waals surface area (Å²) in [5, 5.41) is 17.4. The molecule has 2 aromatic carbocycles. The van der Waals surface area contributed by atoms with Gasteiger partial charge >= 0.3 is 0 Å². The number of carbonyl (C=O) groups is 1. The van der Waals surface area contributed by atoms with Gasteiger partial charge in [-0.2, -0.15) is 0 Å². The highest BCUT2D eigenvalue weighted by atomic mass is 35.5. The van der Waals surface area contributed by atoms with Gasteiger partial charge in [0.05, 0.1) is 11.3 Å². The Morgan fingerprint density at radius 2 is 1.79 bits per heavy atom. The lowest BCUT2D eigenvalue weighted by Crippen LogP contribution is -2.30. The van der Waals surface area contributed by atoms with Gasteiger partial charge in [0.25, 0.3) is 5.69 Å². The van der Waals surface area contributed by atoms with Gasteiger partial charge in [-0.15, -0.1) is 0 Å². The Bertz CT molecular complexity index is 736. The maximum absolute atomic E-state index is 11.9. The van der Waals surface area contributed by atoms with Crippen LogP contribution in [0.1, 0.15) is 5.56 Å². The first-order valence-electron chi connectivity index (χ1n) is 7.14. The van der Waals surface area contributed by atoms with Gasteiger partial charge in [-0.3, -0.25) is 14.9 Å². The van der Waals surface area contributed by atoms with Crippen molar-refractivity contribution < 1.29 is 9.72 Å². The molecule has 8 heteroatoms. The number of benzene rings is 2. The van der Waals surface area contributed by atoms with Crippen LogP contribution < -0.4 is 10.6 Å². The first kappa shape index (κ1) is 18.0. The van der Waals surface area contributed by atoms with Gasteiger partial charge in [-0.1, -0.05) is 29.3 Å². The number of nitrogens with zero attached hydrogens (tertiary/aromatic N) is 1. The third-order valence-corrected chi connectivity index (χ3v) is 3.81. The zero-order chi connectivity index (χ0) is 17.5. The fourth-order valence-electron chi connectivity index (χ4n) is 2.01. The maximum atomic E-state index is 11.9. The fraction of sp³-hybridized carbons (Fsp3) is 0.188. The summed E-state index contributed by atoms with van der Waals surface area (Å²) in [6.07, 6.45) is 0.174. The molecule has 0 aliphatic carbocycles. The molecule has 2 N–H and O–H groups in total. The number of amides is 1. The van der Waals surface area contributed by atoms with E-state index in [0.717, 1.165) is 5.69 Å². The molecular weight excluding hydrogens is 353 g/mol. The summed E-state index contributed by atoms with van der Waals surface area (Å²) in [5.41, 5.74) is 1.49. The Morgan fingerprint density at radius 1 is 1.08 bits per heavy atom. The highest BCUT2D eigenvalue weighted by molar-refractivity contribution is 6.35. The molecule has 1 amide bonds. The molecule has 2 aromatic rings. The summed E-state index contributed by atoms with van der Waals surface area (Å²) in [6, 6.07) is 11.1. The van der Waals surface area contributed by atoms with Crippen LogP contribution in [0.2, 0.25) is 10.0 Å². The molecule has 0 radical (unpaired) electrons. The van der Waals surface area contributed by atoms with E-state index in [2.05, 4.69) is 10.6 Å². The number of nitro benzene ring substituents is 1. The van der Waals surface area contributed by atoms with Crippen molar-refractivity contribution in [2.75, 3.05) is 18.4 Å². The Kier molecular flexibility index (Phi) is 6.40. The van der Waals surface area contributed by atoms with Crippen molar-refractivity contribution in [3.8, 4) is 0 Å². The Balaban J connectivity index is 1.73. The second-order valence-electron chi connectivity index (χ2n) is 4.99. The summed E-state index contributed by atoms with van der Waals surface area (Å²) in [7, 11) is 0. The second-order valence-corrected chi connectivity index (χ2v) is 5.84. The summed E-state index contributed by atoms with van der Waals surface area (Å²) >= 11 is 11.8. The van der Waals surface area contributed by atoms with E-state index in [9.17, 15) is 14.9 Å². The van der Waals surface area contributed by atoms with Crippen LogP contribution in [0.5, 0.6) is 0 Å². The monoisotopic (exact) mass is 367 g/mol. The highest BCUT2D eigenvalue weighted by Crippen LogP contribution is 2.21. The number of hydrogen-bond acceptors (Lipinski definition) is 4. The zero-order valence-corrected chi connectivity index (χ0v) is 14.1. The first-order valence-corrected chi connectivity index (χ1v) is 7.90. The number of non-ortho nitro benzene ring substituents is 1. The van der Waals surface area contributed by atoms with Crippen molar-refractivity contribution >= 4 is 40.5 Å². The molecule has 24 heavy (non-hydrogen) atoms. The minimum absolute atomic E-state index is 0.0358. The molecule has 2 rings (SSSR count). The Labute approximate surface area is 148 Å². The average molecular weight is 368 g/mol. The molecule has 0 atom stereocenters. The van der Waals surface area contributed by atoms with Crippen LogP contribution >= 0.6 is 23.2 Å². The van der Waals surface area contributed by atoms with Crippen LogP contribution in [-0.2, 0) is 11.2 Å². The zero-order valence-electron chi connectivity index (χ0n) is 12.6. The maximum Gasteiger partial charge on any atom is 0.269 e. The van der Waals surface area contributed by atoms with Crippen LogP contribution in [0, 0.1) is 10.1 Å². The van der Waals surface area contributed by atoms with E-state index in [-0.39, 0.29) is 18.0 Å². The van der Waals surface area contributed by atoms with E-state index < -0.39 is 4.92 Å². The number of hydrogen-bond donors (Lipinski definition) is 2. The average Bonchev–Trinajstić information content (AvgIpc) is 2.55. The van der Waals surface area contributed by atoms with Crippen molar-refractivity contribution in [1.82, 2.24) is 5.32 Å². The second kappa shape index (κ2) is 8.52. The topological polar surface area (TPSA) is 84.3 Å². The van der Waals surface area contributed by atoms with Crippen LogP contribution in [0.25, 0.3) is 0 Å². The van der Waals surface area contributed by atoms with Crippen molar-refractivity contribution in [3.63, 3.8) is 0 Å². The predicted octanol–water partition coefficient (Wildman–Crippen LogP) is 3.67. The van der Waals surface area contributed by atoms with Crippen molar-refractivity contribution in [2.24, 2.45) is 0 Å². The molecule has 0 aliphatic rings. The molecule has 0 aliphatic heterocycles. The van der Waals surface area contributed by atoms with Crippen LogP contribution in [0.15, 0.2) is 42.5 Å². The van der Waals surface area contributed by atoms with Gasteiger partial charge < -0.3 is 10.6 Å². The number of anilines is 1. The van der Waals surface area contributed by atoms with Gasteiger partial charge in [0.2, 0.25) is 5.91 Å². The Hall–Kier alpha value is -2.31. The lowest BCUT2D eigenvalue weighted by molar-refractivity contribution is -0.384. The molecule has 6 nitrogen and oxygen atoms in total. The van der Waals surface area contributed by atoms with Crippen molar-refractivity contribution in [2.45, 2.75) is 6.42 Å². The normalized spacial score (nSPS) is 10.2. The molecule has 0 bridgehead atoms. The molecule has 0 unspecified atom stereocenters. The van der Waals surface area contributed by atoms with Gasteiger partial charge in [0, 0.05) is 41.0 Å². The summed E-state index contributed by atoms with van der Waals surface area (Å²) in [5.74, 6) is -0.148. The quantitative estimate of drug-likeness (QED) is 0.444. The van der Waals surface area contributed by atoms with Crippen LogP contribution in [-0.4, -0.2) is 23.9 Å². The van der Waals surface area contributed by atoms with Gasteiger partial charge in [0.15, 0.2) is 0 Å². The van der Waals surface area contributed by atoms with Crippen LogP contribution in [0.3, 0.4) is 0 Å². The molecule has 0 heterocycles. The molecule has 0 saturated carbocycles. The minimum Gasteiger partial charge on any atom is -0.383 e. The number of nitrogens with one attached hydrogen (secondary N) is 2. The van der Waals surface area contributed by atoms with Gasteiger partial charge in [0.1, 0.15) is 0 Å². The van der Waals surface area contributed by atoms with E-state index in [1.165, 1.54) is 12.1 Å². The van der Waals surface area contributed by atoms with Crippen molar-refractivity contribution in [3.05, 3.63) is 68.2 Å². The van der Waals surface area contributed by atoms with E-state index >= 15 is 0 Å². The first-order chi connectivity index (χ1) is 11.5. The fourth-order valence-corrected chi connectivity index (χ4v) is 2.49. The molecular formula is C16H15Cl2N3O3. The minimum atomic E-state index is -0.452. The number of carbonyl (C=O) groups excluding carboxylic acids is 1. The SMILES string of the molecule is O=C(Cc1ccc(Cl)cc1Cl)NCCNc1ccc([N+](=O)[O-])cc1. The Morgan fingerprint density at radius 3 is 2.42 bits per heavy atom. The summed E-state index contributed by atoms with van der Waals surface area (Å²) in [6.45, 7) is 0.916. The van der Waals surface area contributed by atoms with E-state index in [1.54, 1.807) is 30.3 Å². The molecule has 126 valence electrons. The van der Waals surface area contributed by atoms with E-state index in [4.69, 9.17) is 23.2 Å². The number of rotatable bonds is 7. The molecule has 0 saturated heterocycles. The van der Waals surface area contributed by atoms with Crippen molar-refractivity contribution in [1.29, 1.82) is 0 Å². The molecule has 0 fully saturated rings. The number of halogens is 2. The van der Waals surface area contributed by atoms with Crippen LogP contribution in [0.4, 0.5) is 11.4 Å². The highest BCUT2D eigenvalue weighted by Gasteiger charge is 2.07. The van der Waals surface area contributed by atoms with Gasteiger partial charge in [-0.05, 0) is 29.8 Å². The lowest BCUT2D eigenvalue weighted by atomic mass is 10.1. The number of nitro groups is 1. The summed E-state index contributed by atoms with van der Waals surface area (Å²) in [4.78, 5) is 22.0.